The number of nitrogens with zero attached hydrogens (tertiary/aromatic N) is 4. The zero-order valence-corrected chi connectivity index (χ0v) is 32.3. The van der Waals surface area contributed by atoms with Crippen molar-refractivity contribution in [3.8, 4) is 62.1 Å². The predicted octanol–water partition coefficient (Wildman–Crippen LogP) is 14.4. The molecule has 0 bridgehead atoms. The summed E-state index contributed by atoms with van der Waals surface area (Å²) in [5.41, 5.74) is 12.2. The van der Waals surface area contributed by atoms with Crippen LogP contribution in [0.15, 0.2) is 211 Å². The van der Waals surface area contributed by atoms with E-state index < -0.39 is 0 Å². The highest BCUT2D eigenvalue weighted by atomic mass is 16.3. The summed E-state index contributed by atoms with van der Waals surface area (Å²) in [4.78, 5) is 15.1. The van der Waals surface area contributed by atoms with Crippen LogP contribution in [0.4, 0.5) is 0 Å². The Morgan fingerprint density at radius 2 is 0.917 bits per heavy atom. The van der Waals surface area contributed by atoms with Crippen LogP contribution in [0, 0.1) is 0 Å². The summed E-state index contributed by atoms with van der Waals surface area (Å²) in [7, 11) is 0. The molecule has 0 aliphatic heterocycles. The topological polar surface area (TPSA) is 56.7 Å². The van der Waals surface area contributed by atoms with Gasteiger partial charge in [-0.3, -0.25) is 0 Å². The quantitative estimate of drug-likeness (QED) is 0.169. The van der Waals surface area contributed by atoms with Gasteiger partial charge in [0.05, 0.1) is 16.7 Å². The van der Waals surface area contributed by atoms with Crippen LogP contribution in [0.2, 0.25) is 0 Å². The fourth-order valence-corrected chi connectivity index (χ4v) is 8.74. The molecule has 3 heterocycles. The molecule has 280 valence electrons. The van der Waals surface area contributed by atoms with E-state index in [0.29, 0.717) is 17.5 Å². The van der Waals surface area contributed by atoms with E-state index in [0.717, 1.165) is 71.9 Å². The van der Waals surface area contributed by atoms with Crippen LogP contribution in [-0.2, 0) is 0 Å². The molecule has 3 aromatic heterocycles. The number of hydrogen-bond donors (Lipinski definition) is 0. The first-order chi connectivity index (χ1) is 29.7. The minimum absolute atomic E-state index is 0.582. The number of hydrogen-bond acceptors (Lipinski definition) is 4. The second kappa shape index (κ2) is 13.8. The molecule has 0 aliphatic rings. The van der Waals surface area contributed by atoms with Gasteiger partial charge in [0, 0.05) is 44.3 Å². The van der Waals surface area contributed by atoms with Crippen LogP contribution < -0.4 is 0 Å². The first-order valence-electron chi connectivity index (χ1n) is 20.2. The molecule has 0 unspecified atom stereocenters. The molecule has 12 aromatic rings. The zero-order chi connectivity index (χ0) is 39.6. The molecule has 5 heteroatoms. The normalized spacial score (nSPS) is 11.7. The fraction of sp³-hybridized carbons (Fsp3) is 0. The van der Waals surface area contributed by atoms with E-state index in [-0.39, 0.29) is 0 Å². The van der Waals surface area contributed by atoms with E-state index >= 15 is 0 Å². The summed E-state index contributed by atoms with van der Waals surface area (Å²) < 4.78 is 9.28. The van der Waals surface area contributed by atoms with Gasteiger partial charge in [-0.25, -0.2) is 15.0 Å². The summed E-state index contributed by atoms with van der Waals surface area (Å²) in [6, 6.07) is 72.3. The van der Waals surface area contributed by atoms with Crippen molar-refractivity contribution in [1.82, 2.24) is 19.5 Å². The Balaban J connectivity index is 1.05. The van der Waals surface area contributed by atoms with Crippen molar-refractivity contribution < 1.29 is 4.42 Å². The maximum Gasteiger partial charge on any atom is 0.164 e. The van der Waals surface area contributed by atoms with Crippen LogP contribution >= 0.6 is 0 Å². The number of para-hydroxylation sites is 1. The molecule has 0 aliphatic carbocycles. The lowest BCUT2D eigenvalue weighted by molar-refractivity contribution is 0.669. The van der Waals surface area contributed by atoms with Gasteiger partial charge in [-0.1, -0.05) is 158 Å². The van der Waals surface area contributed by atoms with Gasteiger partial charge in [0.15, 0.2) is 17.5 Å². The molecule has 0 N–H and O–H groups in total. The second-order valence-electron chi connectivity index (χ2n) is 15.2. The Labute approximate surface area is 345 Å². The lowest BCUT2D eigenvalue weighted by Crippen LogP contribution is -2.00. The Hall–Kier alpha value is -8.15. The van der Waals surface area contributed by atoms with Crippen LogP contribution in [0.5, 0.6) is 0 Å². The van der Waals surface area contributed by atoms with Gasteiger partial charge in [-0.15, -0.1) is 0 Å². The SMILES string of the molecule is c1ccc(-c2ccc3c(c2)c2ccccc2n3-c2cc(-c3ccccc3)c3c(c2)oc2cc(-c4nc(-c5ccccc5)nc(-c5ccc6ccccc6c5)n4)ccc23)cc1. The summed E-state index contributed by atoms with van der Waals surface area (Å²) in [5.74, 6) is 1.82. The Morgan fingerprint density at radius 3 is 1.68 bits per heavy atom. The van der Waals surface area contributed by atoms with Gasteiger partial charge in [0.1, 0.15) is 11.2 Å². The summed E-state index contributed by atoms with van der Waals surface area (Å²) in [6.07, 6.45) is 0. The zero-order valence-electron chi connectivity index (χ0n) is 32.3. The van der Waals surface area contributed by atoms with Crippen LogP contribution in [0.25, 0.3) is 117 Å². The average Bonchev–Trinajstić information content (AvgIpc) is 3.86. The Morgan fingerprint density at radius 1 is 0.333 bits per heavy atom. The number of benzene rings is 9. The van der Waals surface area contributed by atoms with Crippen molar-refractivity contribution in [2.45, 2.75) is 0 Å². The molecular weight excluding hydrogens is 733 g/mol. The summed E-state index contributed by atoms with van der Waals surface area (Å²) in [5, 5.41) is 6.81. The van der Waals surface area contributed by atoms with Crippen molar-refractivity contribution in [3.05, 3.63) is 206 Å². The van der Waals surface area contributed by atoms with E-state index in [9.17, 15) is 0 Å². The van der Waals surface area contributed by atoms with Gasteiger partial charge in [-0.05, 0) is 75.5 Å². The van der Waals surface area contributed by atoms with Gasteiger partial charge >= 0.3 is 0 Å². The van der Waals surface area contributed by atoms with E-state index in [2.05, 4.69) is 180 Å². The van der Waals surface area contributed by atoms with Crippen molar-refractivity contribution >= 4 is 54.5 Å². The highest BCUT2D eigenvalue weighted by Crippen LogP contribution is 2.42. The molecule has 0 radical (unpaired) electrons. The third-order valence-corrected chi connectivity index (χ3v) is 11.6. The second-order valence-corrected chi connectivity index (χ2v) is 15.2. The van der Waals surface area contributed by atoms with Gasteiger partial charge in [-0.2, -0.15) is 0 Å². The molecule has 0 atom stereocenters. The maximum absolute atomic E-state index is 6.91. The molecule has 0 spiro atoms. The minimum Gasteiger partial charge on any atom is -0.456 e. The predicted molar refractivity (Wildman–Crippen MR) is 246 cm³/mol. The first-order valence-corrected chi connectivity index (χ1v) is 20.2. The number of rotatable bonds is 6. The molecule has 9 aromatic carbocycles. The molecule has 60 heavy (non-hydrogen) atoms. The first kappa shape index (κ1) is 33.9. The molecule has 0 saturated heterocycles. The average molecular weight is 767 g/mol. The van der Waals surface area contributed by atoms with Crippen LogP contribution in [0.1, 0.15) is 0 Å². The molecule has 12 rings (SSSR count). The van der Waals surface area contributed by atoms with E-state index in [1.807, 2.05) is 30.3 Å². The fourth-order valence-electron chi connectivity index (χ4n) is 8.74. The largest absolute Gasteiger partial charge is 0.456 e. The van der Waals surface area contributed by atoms with E-state index in [4.69, 9.17) is 19.4 Å². The van der Waals surface area contributed by atoms with Crippen molar-refractivity contribution in [2.24, 2.45) is 0 Å². The lowest BCUT2D eigenvalue weighted by atomic mass is 9.98. The highest BCUT2D eigenvalue weighted by molar-refractivity contribution is 6.15. The van der Waals surface area contributed by atoms with Gasteiger partial charge in [0.2, 0.25) is 0 Å². The number of aromatic nitrogens is 4. The Bertz CT molecular complexity index is 3590. The molecule has 0 fully saturated rings. The van der Waals surface area contributed by atoms with Crippen LogP contribution in [0.3, 0.4) is 0 Å². The van der Waals surface area contributed by atoms with E-state index in [1.54, 1.807) is 0 Å². The summed E-state index contributed by atoms with van der Waals surface area (Å²) in [6.45, 7) is 0. The molecule has 0 amide bonds. The van der Waals surface area contributed by atoms with Crippen molar-refractivity contribution in [1.29, 1.82) is 0 Å². The van der Waals surface area contributed by atoms with Gasteiger partial charge in [0.25, 0.3) is 0 Å². The molecule has 0 saturated carbocycles. The van der Waals surface area contributed by atoms with Crippen molar-refractivity contribution in [2.75, 3.05) is 0 Å². The molecular formula is C55H34N4O. The van der Waals surface area contributed by atoms with E-state index in [1.165, 1.54) is 27.3 Å². The minimum atomic E-state index is 0.582. The summed E-state index contributed by atoms with van der Waals surface area (Å²) >= 11 is 0. The molecule has 5 nitrogen and oxygen atoms in total. The smallest absolute Gasteiger partial charge is 0.164 e. The standard InChI is InChI=1S/C55H34N4O/c1-4-14-35(15-5-1)40-27-29-49-47(31-40)44-22-12-13-23-48(44)59(49)43-33-46(37-17-6-2-7-18-37)52-45-28-26-42(32-50(45)60-51(52)34-43)55-57-53(38-19-8-3-9-20-38)56-54(58-55)41-25-24-36-16-10-11-21-39(36)30-41/h1-34H. The third-order valence-electron chi connectivity index (χ3n) is 11.6. The van der Waals surface area contributed by atoms with Crippen molar-refractivity contribution in [3.63, 3.8) is 0 Å². The highest BCUT2D eigenvalue weighted by Gasteiger charge is 2.20. The van der Waals surface area contributed by atoms with Gasteiger partial charge < -0.3 is 8.98 Å². The van der Waals surface area contributed by atoms with Crippen LogP contribution in [-0.4, -0.2) is 19.5 Å². The maximum atomic E-state index is 6.91. The Kier molecular flexibility index (Phi) is 7.78. The number of furan rings is 1. The lowest BCUT2D eigenvalue weighted by Gasteiger charge is -2.12. The third kappa shape index (κ3) is 5.67. The monoisotopic (exact) mass is 766 g/mol. The number of fused-ring (bicyclic) bond motifs is 7.